The normalized spacial score (nSPS) is 15.5. The summed E-state index contributed by atoms with van der Waals surface area (Å²) in [5.41, 5.74) is 1.81. The maximum absolute atomic E-state index is 13.5. The summed E-state index contributed by atoms with van der Waals surface area (Å²) >= 11 is 0. The summed E-state index contributed by atoms with van der Waals surface area (Å²) < 4.78 is 23.5. The van der Waals surface area contributed by atoms with Gasteiger partial charge in [-0.15, -0.1) is 0 Å². The van der Waals surface area contributed by atoms with E-state index in [1.165, 1.54) is 36.3 Å². The van der Waals surface area contributed by atoms with Gasteiger partial charge < -0.3 is 9.47 Å². The molecule has 0 aromatic heterocycles. The summed E-state index contributed by atoms with van der Waals surface area (Å²) in [6.07, 6.45) is 1.49. The van der Waals surface area contributed by atoms with Crippen LogP contribution >= 0.6 is 0 Å². The second-order valence-corrected chi connectivity index (χ2v) is 5.90. The fraction of sp³-hybridized carbons (Fsp3) is 0.143. The number of methoxy groups -OCH3 is 2. The lowest BCUT2D eigenvalue weighted by molar-refractivity contribution is -0.136. The molecule has 1 heterocycles. The third kappa shape index (κ3) is 3.46. The van der Waals surface area contributed by atoms with Gasteiger partial charge in [-0.05, 0) is 55.0 Å². The van der Waals surface area contributed by atoms with Crippen molar-refractivity contribution in [3.8, 4) is 5.75 Å². The van der Waals surface area contributed by atoms with E-state index in [2.05, 4.69) is 0 Å². The lowest BCUT2D eigenvalue weighted by atomic mass is 10.0. The molecule has 0 atom stereocenters. The van der Waals surface area contributed by atoms with E-state index in [0.29, 0.717) is 22.7 Å². The first kappa shape index (κ1) is 18.4. The average Bonchev–Trinajstić information content (AvgIpc) is 2.91. The van der Waals surface area contributed by atoms with E-state index in [1.54, 1.807) is 44.4 Å². The quantitative estimate of drug-likeness (QED) is 0.611. The molecule has 138 valence electrons. The number of amides is 1. The van der Waals surface area contributed by atoms with Crippen LogP contribution in [-0.4, -0.2) is 26.1 Å². The van der Waals surface area contributed by atoms with Crippen LogP contribution in [0.1, 0.15) is 12.5 Å². The van der Waals surface area contributed by atoms with Gasteiger partial charge in [-0.2, -0.15) is 0 Å². The van der Waals surface area contributed by atoms with Crippen molar-refractivity contribution in [2.75, 3.05) is 19.1 Å². The molecule has 0 unspecified atom stereocenters. The van der Waals surface area contributed by atoms with Gasteiger partial charge in [0.2, 0.25) is 0 Å². The van der Waals surface area contributed by atoms with E-state index in [-0.39, 0.29) is 17.1 Å². The minimum Gasteiger partial charge on any atom is -0.497 e. The van der Waals surface area contributed by atoms with Gasteiger partial charge in [0, 0.05) is 11.4 Å². The van der Waals surface area contributed by atoms with Crippen LogP contribution in [0.4, 0.5) is 10.1 Å². The summed E-state index contributed by atoms with van der Waals surface area (Å²) in [4.78, 5) is 26.8. The monoisotopic (exact) mass is 367 g/mol. The van der Waals surface area contributed by atoms with Crippen molar-refractivity contribution in [2.45, 2.75) is 6.92 Å². The summed E-state index contributed by atoms with van der Waals surface area (Å²) in [7, 11) is 2.80. The van der Waals surface area contributed by atoms with Gasteiger partial charge in [-0.1, -0.05) is 12.1 Å². The van der Waals surface area contributed by atoms with Gasteiger partial charge in [0.15, 0.2) is 0 Å². The number of hydrogen-bond donors (Lipinski definition) is 0. The van der Waals surface area contributed by atoms with Crippen LogP contribution in [0.5, 0.6) is 5.75 Å². The molecule has 1 aliphatic heterocycles. The Morgan fingerprint density at radius 3 is 2.41 bits per heavy atom. The van der Waals surface area contributed by atoms with E-state index in [4.69, 9.17) is 9.47 Å². The number of hydrogen-bond acceptors (Lipinski definition) is 4. The maximum atomic E-state index is 13.5. The van der Waals surface area contributed by atoms with Crippen molar-refractivity contribution < 1.29 is 23.5 Å². The molecule has 0 saturated heterocycles. The molecule has 0 N–H and O–H groups in total. The summed E-state index contributed by atoms with van der Waals surface area (Å²) in [5, 5.41) is 0. The predicted octanol–water partition coefficient (Wildman–Crippen LogP) is 3.71. The number of carbonyl (C=O) groups is 2. The smallest absolute Gasteiger partial charge is 0.340 e. The van der Waals surface area contributed by atoms with Crippen LogP contribution < -0.4 is 9.64 Å². The Kier molecular flexibility index (Phi) is 5.07. The van der Waals surface area contributed by atoms with Gasteiger partial charge in [0.25, 0.3) is 5.91 Å². The Morgan fingerprint density at radius 1 is 1.11 bits per heavy atom. The van der Waals surface area contributed by atoms with Crippen LogP contribution in [-0.2, 0) is 14.3 Å². The van der Waals surface area contributed by atoms with Crippen LogP contribution in [0.2, 0.25) is 0 Å². The van der Waals surface area contributed by atoms with E-state index in [9.17, 15) is 14.0 Å². The van der Waals surface area contributed by atoms with E-state index in [0.717, 1.165) is 0 Å². The predicted molar refractivity (Wildman–Crippen MR) is 99.6 cm³/mol. The van der Waals surface area contributed by atoms with Gasteiger partial charge in [-0.25, -0.2) is 9.18 Å². The lowest BCUT2D eigenvalue weighted by Gasteiger charge is -2.18. The zero-order valence-corrected chi connectivity index (χ0v) is 15.2. The van der Waals surface area contributed by atoms with Gasteiger partial charge in [-0.3, -0.25) is 9.69 Å². The first-order valence-electron chi connectivity index (χ1n) is 8.21. The largest absolute Gasteiger partial charge is 0.497 e. The topological polar surface area (TPSA) is 55.8 Å². The first-order chi connectivity index (χ1) is 13.0. The number of allylic oxidation sites excluding steroid dienone is 1. The third-order valence-electron chi connectivity index (χ3n) is 4.28. The molecule has 0 radical (unpaired) electrons. The molecule has 6 heteroatoms. The number of benzene rings is 2. The van der Waals surface area contributed by atoms with E-state index >= 15 is 0 Å². The van der Waals surface area contributed by atoms with Crippen LogP contribution in [0.15, 0.2) is 65.4 Å². The van der Waals surface area contributed by atoms with E-state index < -0.39 is 11.8 Å². The van der Waals surface area contributed by atoms with Crippen molar-refractivity contribution in [1.82, 2.24) is 0 Å². The van der Waals surface area contributed by atoms with Crippen molar-refractivity contribution >= 4 is 23.6 Å². The molecular formula is C21H18FNO4. The molecule has 27 heavy (non-hydrogen) atoms. The Hall–Kier alpha value is -3.41. The number of anilines is 1. The number of ether oxygens (including phenoxy) is 2. The summed E-state index contributed by atoms with van der Waals surface area (Å²) in [5.74, 6) is -0.792. The van der Waals surface area contributed by atoms with Crippen molar-refractivity contribution in [2.24, 2.45) is 0 Å². The molecule has 2 aromatic rings. The fourth-order valence-corrected chi connectivity index (χ4v) is 2.99. The highest BCUT2D eigenvalue weighted by molar-refractivity contribution is 6.23. The number of nitrogens with zero attached hydrogens (tertiary/aromatic N) is 1. The molecule has 1 amide bonds. The summed E-state index contributed by atoms with van der Waals surface area (Å²) in [6.45, 7) is 1.67. The second kappa shape index (κ2) is 7.45. The second-order valence-electron chi connectivity index (χ2n) is 5.90. The van der Waals surface area contributed by atoms with Crippen molar-refractivity contribution in [1.29, 1.82) is 0 Å². The number of carbonyl (C=O) groups excluding carboxylic acids is 2. The zero-order chi connectivity index (χ0) is 19.6. The average molecular weight is 367 g/mol. The molecular weight excluding hydrogens is 349 g/mol. The molecule has 5 nitrogen and oxygen atoms in total. The van der Waals surface area contributed by atoms with Crippen LogP contribution in [0, 0.1) is 5.82 Å². The van der Waals surface area contributed by atoms with E-state index in [1.807, 2.05) is 0 Å². The van der Waals surface area contributed by atoms with Gasteiger partial charge in [0.05, 0.1) is 25.4 Å². The molecule has 2 aromatic carbocycles. The molecule has 0 fully saturated rings. The highest BCUT2D eigenvalue weighted by Crippen LogP contribution is 2.36. The highest BCUT2D eigenvalue weighted by atomic mass is 19.1. The highest BCUT2D eigenvalue weighted by Gasteiger charge is 2.37. The van der Waals surface area contributed by atoms with Crippen LogP contribution in [0.25, 0.3) is 6.08 Å². The number of esters is 1. The van der Waals surface area contributed by atoms with Crippen molar-refractivity contribution in [3.63, 3.8) is 0 Å². The molecule has 0 saturated carbocycles. The molecule has 1 aliphatic rings. The first-order valence-corrected chi connectivity index (χ1v) is 8.21. The minimum absolute atomic E-state index is 0.153. The zero-order valence-electron chi connectivity index (χ0n) is 15.2. The summed E-state index contributed by atoms with van der Waals surface area (Å²) in [6, 6.07) is 12.7. The Balaban J connectivity index is 2.11. The Bertz CT molecular complexity index is 960. The molecule has 0 aliphatic carbocycles. The fourth-order valence-electron chi connectivity index (χ4n) is 2.99. The van der Waals surface area contributed by atoms with Gasteiger partial charge in [0.1, 0.15) is 11.6 Å². The molecule has 0 spiro atoms. The standard InChI is InChI=1S/C21H18FNO4/c1-13-19(21(25)27-3)18(12-14-5-4-6-15(22)11-14)20(24)23(13)16-7-9-17(26-2)10-8-16/h4-12H,1-3H3/b18-12-. The Labute approximate surface area is 156 Å². The van der Waals surface area contributed by atoms with Crippen molar-refractivity contribution in [3.05, 3.63) is 76.8 Å². The van der Waals surface area contributed by atoms with Gasteiger partial charge >= 0.3 is 5.97 Å². The Morgan fingerprint density at radius 2 is 1.81 bits per heavy atom. The minimum atomic E-state index is -0.625. The molecule has 3 rings (SSSR count). The number of halogens is 1. The maximum Gasteiger partial charge on any atom is 0.340 e. The lowest BCUT2D eigenvalue weighted by Crippen LogP contribution is -2.24. The third-order valence-corrected chi connectivity index (χ3v) is 4.28. The van der Waals surface area contributed by atoms with Crippen LogP contribution in [0.3, 0.4) is 0 Å². The molecule has 0 bridgehead atoms. The number of rotatable bonds is 4. The SMILES string of the molecule is COC(=O)C1=C(C)N(c2ccc(OC)cc2)C(=O)/C1=C\c1cccc(F)c1.